The van der Waals surface area contributed by atoms with Gasteiger partial charge in [-0.25, -0.2) is 0 Å². The van der Waals surface area contributed by atoms with Gasteiger partial charge in [-0.1, -0.05) is 37.3 Å². The van der Waals surface area contributed by atoms with Crippen molar-refractivity contribution in [1.82, 2.24) is 10.6 Å². The van der Waals surface area contributed by atoms with E-state index in [2.05, 4.69) is 10.6 Å². The highest BCUT2D eigenvalue weighted by molar-refractivity contribution is 5.73. The summed E-state index contributed by atoms with van der Waals surface area (Å²) < 4.78 is 0. The average molecular weight is 274 g/mol. The predicted molar refractivity (Wildman–Crippen MR) is 74.2 cm³/mol. The lowest BCUT2D eigenvalue weighted by Gasteiger charge is -2.48. The maximum absolute atomic E-state index is 11.5. The van der Waals surface area contributed by atoms with Gasteiger partial charge in [0.15, 0.2) is 6.29 Å². The van der Waals surface area contributed by atoms with Gasteiger partial charge >= 0.3 is 0 Å². The average Bonchev–Trinajstić information content (AvgIpc) is 2.53. The summed E-state index contributed by atoms with van der Waals surface area (Å²) in [5.74, 6) is 0. The number of hydrogen-bond acceptors (Lipinski definition) is 5. The minimum atomic E-state index is -0.691. The van der Waals surface area contributed by atoms with Crippen molar-refractivity contribution in [3.8, 4) is 0 Å². The van der Waals surface area contributed by atoms with Crippen molar-refractivity contribution >= 4 is 18.9 Å². The minimum absolute atomic E-state index is 0.593. The summed E-state index contributed by atoms with van der Waals surface area (Å²) in [7, 11) is 0. The zero-order valence-corrected chi connectivity index (χ0v) is 11.3. The van der Waals surface area contributed by atoms with Crippen LogP contribution in [0.15, 0.2) is 30.3 Å². The monoisotopic (exact) mass is 274 g/mol. The van der Waals surface area contributed by atoms with E-state index in [-0.39, 0.29) is 0 Å². The van der Waals surface area contributed by atoms with Crippen LogP contribution >= 0.6 is 0 Å². The van der Waals surface area contributed by atoms with Crippen LogP contribution in [0.4, 0.5) is 0 Å². The van der Waals surface area contributed by atoms with Gasteiger partial charge in [0, 0.05) is 5.41 Å². The van der Waals surface area contributed by atoms with Gasteiger partial charge in [-0.15, -0.1) is 0 Å². The molecule has 1 heterocycles. The Kier molecular flexibility index (Phi) is 4.42. The number of hydrogen-bond donors (Lipinski definition) is 2. The normalized spacial score (nSPS) is 33.4. The first-order chi connectivity index (χ1) is 9.72. The Morgan fingerprint density at radius 2 is 1.55 bits per heavy atom. The van der Waals surface area contributed by atoms with Crippen LogP contribution in [0.3, 0.4) is 0 Å². The molecule has 1 aromatic rings. The molecule has 0 aliphatic carbocycles. The standard InChI is InChI=1S/C15H18N2O3/c1-2-15(11-6-4-3-5-7-11)12(8-18)16-14(10-20)17-13(15)9-19/h3-10,12-14,16-17H,2H2,1H3. The second-order valence-corrected chi connectivity index (χ2v) is 4.93. The largest absolute Gasteiger partial charge is 0.302 e. The highest BCUT2D eigenvalue weighted by atomic mass is 16.1. The maximum atomic E-state index is 11.5. The summed E-state index contributed by atoms with van der Waals surface area (Å²) in [6.45, 7) is 1.94. The highest BCUT2D eigenvalue weighted by Crippen LogP contribution is 2.36. The van der Waals surface area contributed by atoms with E-state index >= 15 is 0 Å². The molecule has 1 aliphatic heterocycles. The summed E-state index contributed by atoms with van der Waals surface area (Å²) in [6.07, 6.45) is 2.13. The number of aldehydes is 3. The van der Waals surface area contributed by atoms with Gasteiger partial charge in [-0.05, 0) is 12.0 Å². The molecule has 0 amide bonds. The van der Waals surface area contributed by atoms with E-state index < -0.39 is 23.7 Å². The summed E-state index contributed by atoms with van der Waals surface area (Å²) >= 11 is 0. The molecule has 1 saturated heterocycles. The van der Waals surface area contributed by atoms with Crippen molar-refractivity contribution in [3.63, 3.8) is 0 Å². The molecule has 1 aromatic carbocycles. The van der Waals surface area contributed by atoms with Gasteiger partial charge in [0.1, 0.15) is 18.7 Å². The topological polar surface area (TPSA) is 75.3 Å². The third kappa shape index (κ3) is 2.19. The van der Waals surface area contributed by atoms with Crippen LogP contribution in [0.5, 0.6) is 0 Å². The Morgan fingerprint density at radius 1 is 1.00 bits per heavy atom. The SMILES string of the molecule is CCC1(c2ccccc2)C(C=O)NC(C=O)NC1C=O. The number of benzene rings is 1. The lowest BCUT2D eigenvalue weighted by Crippen LogP contribution is -2.72. The molecule has 2 N–H and O–H groups in total. The minimum Gasteiger partial charge on any atom is -0.302 e. The Balaban J connectivity index is 2.54. The molecule has 20 heavy (non-hydrogen) atoms. The summed E-state index contributed by atoms with van der Waals surface area (Å²) in [5, 5.41) is 5.90. The van der Waals surface area contributed by atoms with Crippen LogP contribution in [0.2, 0.25) is 0 Å². The van der Waals surface area contributed by atoms with E-state index in [1.807, 2.05) is 37.3 Å². The molecule has 0 saturated carbocycles. The second-order valence-electron chi connectivity index (χ2n) is 4.93. The van der Waals surface area contributed by atoms with E-state index in [4.69, 9.17) is 0 Å². The lowest BCUT2D eigenvalue weighted by atomic mass is 9.66. The molecular weight excluding hydrogens is 256 g/mol. The Bertz CT molecular complexity index is 471. The first-order valence-electron chi connectivity index (χ1n) is 6.66. The maximum Gasteiger partial charge on any atom is 0.151 e. The van der Waals surface area contributed by atoms with E-state index in [1.54, 1.807) is 0 Å². The van der Waals surface area contributed by atoms with Crippen LogP contribution in [0, 0.1) is 0 Å². The van der Waals surface area contributed by atoms with Gasteiger partial charge in [0.05, 0.1) is 12.1 Å². The van der Waals surface area contributed by atoms with Crippen molar-refractivity contribution in [2.24, 2.45) is 0 Å². The van der Waals surface area contributed by atoms with Crippen molar-refractivity contribution < 1.29 is 14.4 Å². The van der Waals surface area contributed by atoms with Gasteiger partial charge in [0.2, 0.25) is 0 Å². The molecular formula is C15H18N2O3. The molecule has 5 nitrogen and oxygen atoms in total. The lowest BCUT2D eigenvalue weighted by molar-refractivity contribution is -0.120. The molecule has 0 aromatic heterocycles. The van der Waals surface area contributed by atoms with E-state index in [1.165, 1.54) is 0 Å². The Labute approximate surface area is 117 Å². The van der Waals surface area contributed by atoms with E-state index in [0.29, 0.717) is 12.7 Å². The number of carbonyl (C=O) groups is 3. The third-order valence-corrected chi connectivity index (χ3v) is 4.13. The fraction of sp³-hybridized carbons (Fsp3) is 0.400. The van der Waals surface area contributed by atoms with Crippen LogP contribution in [-0.2, 0) is 19.8 Å². The Hall–Kier alpha value is -1.85. The summed E-state index contributed by atoms with van der Waals surface area (Å²) in [6, 6.07) is 8.26. The molecule has 106 valence electrons. The summed E-state index contributed by atoms with van der Waals surface area (Å²) in [4.78, 5) is 34.0. The third-order valence-electron chi connectivity index (χ3n) is 4.13. The molecule has 0 bridgehead atoms. The van der Waals surface area contributed by atoms with E-state index in [9.17, 15) is 14.4 Å². The molecule has 1 aliphatic rings. The zero-order valence-electron chi connectivity index (χ0n) is 11.3. The van der Waals surface area contributed by atoms with Crippen molar-refractivity contribution in [2.45, 2.75) is 37.0 Å². The van der Waals surface area contributed by atoms with Crippen LogP contribution in [0.1, 0.15) is 18.9 Å². The van der Waals surface area contributed by atoms with Crippen LogP contribution in [-0.4, -0.2) is 37.1 Å². The zero-order chi connectivity index (χ0) is 14.6. The molecule has 2 unspecified atom stereocenters. The molecule has 1 fully saturated rings. The molecule has 0 radical (unpaired) electrons. The first-order valence-corrected chi connectivity index (χ1v) is 6.66. The highest BCUT2D eigenvalue weighted by Gasteiger charge is 2.50. The fourth-order valence-electron chi connectivity index (χ4n) is 3.08. The van der Waals surface area contributed by atoms with Crippen LogP contribution < -0.4 is 10.6 Å². The Morgan fingerprint density at radius 3 is 1.95 bits per heavy atom. The first kappa shape index (κ1) is 14.6. The van der Waals surface area contributed by atoms with Gasteiger partial charge in [0.25, 0.3) is 0 Å². The van der Waals surface area contributed by atoms with Gasteiger partial charge in [-0.2, -0.15) is 0 Å². The smallest absolute Gasteiger partial charge is 0.151 e. The second kappa shape index (κ2) is 6.07. The number of carbonyl (C=O) groups excluding carboxylic acids is 3. The van der Waals surface area contributed by atoms with Crippen molar-refractivity contribution in [2.75, 3.05) is 0 Å². The fourth-order valence-corrected chi connectivity index (χ4v) is 3.08. The van der Waals surface area contributed by atoms with Gasteiger partial charge in [-0.3, -0.25) is 10.6 Å². The summed E-state index contributed by atoms with van der Waals surface area (Å²) in [5.41, 5.74) is 0.214. The van der Waals surface area contributed by atoms with Crippen LogP contribution in [0.25, 0.3) is 0 Å². The van der Waals surface area contributed by atoms with E-state index in [0.717, 1.165) is 18.1 Å². The molecule has 0 spiro atoms. The predicted octanol–water partition coefficient (Wildman–Crippen LogP) is 0.187. The molecule has 2 rings (SSSR count). The van der Waals surface area contributed by atoms with Gasteiger partial charge < -0.3 is 14.4 Å². The number of rotatable bonds is 5. The molecule has 5 heteroatoms. The van der Waals surface area contributed by atoms with Crippen molar-refractivity contribution in [1.29, 1.82) is 0 Å². The quantitative estimate of drug-likeness (QED) is 0.750. The molecule has 2 atom stereocenters. The van der Waals surface area contributed by atoms with Crippen molar-refractivity contribution in [3.05, 3.63) is 35.9 Å². The number of nitrogens with one attached hydrogen (secondary N) is 2.